The Hall–Kier alpha value is -1.34. The molecule has 15 heavy (non-hydrogen) atoms. The van der Waals surface area contributed by atoms with Gasteiger partial charge in [-0.2, -0.15) is 15.0 Å². The standard InChI is InChI=1S/C6H7Cl2N5O2/c1-2-15-6(14)13-12-5-10-3(7)9-4(8)11-5/h2H2,1H3,(H,13,14)(H,9,10,11,12). The first-order valence-corrected chi connectivity index (χ1v) is 4.63. The minimum atomic E-state index is -0.662. The lowest BCUT2D eigenvalue weighted by Gasteiger charge is -2.06. The summed E-state index contributed by atoms with van der Waals surface area (Å²) in [6, 6.07) is 0. The summed E-state index contributed by atoms with van der Waals surface area (Å²) >= 11 is 11.0. The van der Waals surface area contributed by atoms with Gasteiger partial charge in [-0.25, -0.2) is 10.2 Å². The number of nitrogens with one attached hydrogen (secondary N) is 2. The van der Waals surface area contributed by atoms with Crippen molar-refractivity contribution in [3.63, 3.8) is 0 Å². The fourth-order valence-electron chi connectivity index (χ4n) is 0.656. The maximum atomic E-state index is 10.9. The lowest BCUT2D eigenvalue weighted by Crippen LogP contribution is -2.31. The van der Waals surface area contributed by atoms with Gasteiger partial charge in [0.15, 0.2) is 0 Å². The molecule has 2 N–H and O–H groups in total. The fourth-order valence-corrected chi connectivity index (χ4v) is 1.02. The Bertz CT molecular complexity index is 341. The molecule has 0 aliphatic carbocycles. The van der Waals surface area contributed by atoms with Gasteiger partial charge < -0.3 is 4.74 Å². The van der Waals surface area contributed by atoms with E-state index in [1.807, 2.05) is 0 Å². The molecule has 1 rings (SSSR count). The van der Waals surface area contributed by atoms with E-state index in [2.05, 4.69) is 30.5 Å². The SMILES string of the molecule is CCOC(=O)NNc1nc(Cl)nc(Cl)n1. The average molecular weight is 252 g/mol. The second-order valence-corrected chi connectivity index (χ2v) is 2.84. The number of nitrogens with zero attached hydrogens (tertiary/aromatic N) is 3. The highest BCUT2D eigenvalue weighted by molar-refractivity contribution is 6.31. The Kier molecular flexibility index (Phi) is 4.32. The number of aromatic nitrogens is 3. The Morgan fingerprint density at radius 1 is 1.33 bits per heavy atom. The first kappa shape index (κ1) is 11.7. The number of carbonyl (C=O) groups is 1. The van der Waals surface area contributed by atoms with E-state index in [1.165, 1.54) is 0 Å². The van der Waals surface area contributed by atoms with Gasteiger partial charge in [0.05, 0.1) is 6.61 Å². The molecule has 9 heteroatoms. The Morgan fingerprint density at radius 2 is 1.93 bits per heavy atom. The third kappa shape index (κ3) is 4.13. The number of anilines is 1. The van der Waals surface area contributed by atoms with Crippen LogP contribution in [0.5, 0.6) is 0 Å². The molecule has 1 aromatic heterocycles. The molecule has 0 aliphatic rings. The van der Waals surface area contributed by atoms with Crippen molar-refractivity contribution in [3.05, 3.63) is 10.6 Å². The van der Waals surface area contributed by atoms with Crippen molar-refractivity contribution in [2.45, 2.75) is 6.92 Å². The van der Waals surface area contributed by atoms with E-state index in [-0.39, 0.29) is 23.1 Å². The molecule has 1 amide bonds. The molecule has 7 nitrogen and oxygen atoms in total. The first-order chi connectivity index (χ1) is 7.11. The lowest BCUT2D eigenvalue weighted by molar-refractivity contribution is 0.154. The zero-order valence-electron chi connectivity index (χ0n) is 7.62. The van der Waals surface area contributed by atoms with Gasteiger partial charge in [-0.3, -0.25) is 5.43 Å². The molecule has 1 aromatic rings. The minimum absolute atomic E-state index is 0.0213. The fraction of sp³-hybridized carbons (Fsp3) is 0.333. The molecule has 82 valence electrons. The van der Waals surface area contributed by atoms with Gasteiger partial charge in [-0.05, 0) is 30.1 Å². The van der Waals surface area contributed by atoms with Crippen molar-refractivity contribution < 1.29 is 9.53 Å². The molecule has 0 aromatic carbocycles. The molecule has 1 heterocycles. The van der Waals surface area contributed by atoms with Crippen LogP contribution >= 0.6 is 23.2 Å². The van der Waals surface area contributed by atoms with Crippen LogP contribution in [-0.2, 0) is 4.74 Å². The van der Waals surface area contributed by atoms with Crippen LogP contribution in [0.1, 0.15) is 6.92 Å². The highest BCUT2D eigenvalue weighted by Crippen LogP contribution is 2.08. The van der Waals surface area contributed by atoms with Crippen LogP contribution in [0, 0.1) is 0 Å². The van der Waals surface area contributed by atoms with Crippen molar-refractivity contribution in [2.24, 2.45) is 0 Å². The molecular weight excluding hydrogens is 245 g/mol. The van der Waals surface area contributed by atoms with Gasteiger partial charge in [0, 0.05) is 0 Å². The Morgan fingerprint density at radius 3 is 2.47 bits per heavy atom. The van der Waals surface area contributed by atoms with Gasteiger partial charge in [0.2, 0.25) is 16.5 Å². The minimum Gasteiger partial charge on any atom is -0.449 e. The lowest BCUT2D eigenvalue weighted by atomic mass is 10.9. The van der Waals surface area contributed by atoms with Crippen molar-refractivity contribution >= 4 is 35.2 Å². The van der Waals surface area contributed by atoms with Crippen molar-refractivity contribution in [2.75, 3.05) is 12.0 Å². The normalized spacial score (nSPS) is 9.53. The predicted molar refractivity (Wildman–Crippen MR) is 53.6 cm³/mol. The number of hydrogen-bond acceptors (Lipinski definition) is 6. The van der Waals surface area contributed by atoms with Gasteiger partial charge in [-0.1, -0.05) is 0 Å². The highest BCUT2D eigenvalue weighted by Gasteiger charge is 2.04. The summed E-state index contributed by atoms with van der Waals surface area (Å²) in [4.78, 5) is 21.7. The third-order valence-electron chi connectivity index (χ3n) is 1.13. The van der Waals surface area contributed by atoms with Crippen LogP contribution in [0.3, 0.4) is 0 Å². The van der Waals surface area contributed by atoms with E-state index in [9.17, 15) is 4.79 Å². The smallest absolute Gasteiger partial charge is 0.426 e. The average Bonchev–Trinajstić information content (AvgIpc) is 2.14. The summed E-state index contributed by atoms with van der Waals surface area (Å²) < 4.78 is 4.57. The largest absolute Gasteiger partial charge is 0.449 e. The van der Waals surface area contributed by atoms with E-state index in [4.69, 9.17) is 23.2 Å². The second-order valence-electron chi connectivity index (χ2n) is 2.17. The number of hydrazine groups is 1. The number of rotatable bonds is 3. The van der Waals surface area contributed by atoms with Crippen LogP contribution in [0.4, 0.5) is 10.7 Å². The quantitative estimate of drug-likeness (QED) is 0.787. The van der Waals surface area contributed by atoms with E-state index in [0.29, 0.717) is 0 Å². The molecule has 0 saturated carbocycles. The number of ether oxygens (including phenoxy) is 1. The summed E-state index contributed by atoms with van der Waals surface area (Å²) in [7, 11) is 0. The van der Waals surface area contributed by atoms with Gasteiger partial charge >= 0.3 is 6.09 Å². The Labute approximate surface area is 95.1 Å². The molecule has 0 spiro atoms. The van der Waals surface area contributed by atoms with Crippen molar-refractivity contribution in [1.82, 2.24) is 20.4 Å². The molecule has 0 fully saturated rings. The maximum Gasteiger partial charge on any atom is 0.426 e. The maximum absolute atomic E-state index is 10.9. The summed E-state index contributed by atoms with van der Waals surface area (Å²) in [5, 5.41) is -0.161. The van der Waals surface area contributed by atoms with Crippen LogP contribution < -0.4 is 10.9 Å². The molecule has 0 bridgehead atoms. The molecule has 0 saturated heterocycles. The number of halogens is 2. The summed E-state index contributed by atoms with van der Waals surface area (Å²) in [6.45, 7) is 1.93. The van der Waals surface area contributed by atoms with E-state index >= 15 is 0 Å². The summed E-state index contributed by atoms with van der Waals surface area (Å²) in [5.74, 6) is 0.0213. The zero-order valence-corrected chi connectivity index (χ0v) is 9.13. The topological polar surface area (TPSA) is 89.0 Å². The number of amides is 1. The van der Waals surface area contributed by atoms with Gasteiger partial charge in [0.25, 0.3) is 0 Å². The molecular formula is C6H7Cl2N5O2. The molecule has 0 atom stereocenters. The van der Waals surface area contributed by atoms with E-state index in [1.54, 1.807) is 6.92 Å². The first-order valence-electron chi connectivity index (χ1n) is 3.87. The zero-order chi connectivity index (χ0) is 11.3. The predicted octanol–water partition coefficient (Wildman–Crippen LogP) is 1.25. The Balaban J connectivity index is 2.54. The van der Waals surface area contributed by atoms with Crippen LogP contribution in [-0.4, -0.2) is 27.7 Å². The third-order valence-corrected chi connectivity index (χ3v) is 1.47. The van der Waals surface area contributed by atoms with Crippen LogP contribution in [0.2, 0.25) is 10.6 Å². The van der Waals surface area contributed by atoms with Gasteiger partial charge in [0.1, 0.15) is 0 Å². The van der Waals surface area contributed by atoms with Crippen LogP contribution in [0.25, 0.3) is 0 Å². The molecule has 0 unspecified atom stereocenters. The summed E-state index contributed by atoms with van der Waals surface area (Å²) in [5.41, 5.74) is 4.53. The van der Waals surface area contributed by atoms with Gasteiger partial charge in [-0.15, -0.1) is 0 Å². The van der Waals surface area contributed by atoms with Crippen molar-refractivity contribution in [1.29, 1.82) is 0 Å². The highest BCUT2D eigenvalue weighted by atomic mass is 35.5. The van der Waals surface area contributed by atoms with Crippen LogP contribution in [0.15, 0.2) is 0 Å². The number of carbonyl (C=O) groups excluding carboxylic acids is 1. The second kappa shape index (κ2) is 5.52. The monoisotopic (exact) mass is 251 g/mol. The van der Waals surface area contributed by atoms with Crippen molar-refractivity contribution in [3.8, 4) is 0 Å². The van der Waals surface area contributed by atoms with E-state index in [0.717, 1.165) is 0 Å². The number of hydrogen-bond donors (Lipinski definition) is 2. The summed E-state index contributed by atoms with van der Waals surface area (Å²) in [6.07, 6.45) is -0.662. The van der Waals surface area contributed by atoms with E-state index < -0.39 is 6.09 Å². The molecule has 0 aliphatic heterocycles. The molecule has 0 radical (unpaired) electrons.